The Balaban J connectivity index is 1.74. The molecule has 4 rings (SSSR count). The van der Waals surface area contributed by atoms with Crippen molar-refractivity contribution in [2.75, 3.05) is 0 Å². The maximum absolute atomic E-state index is 13.0. The van der Waals surface area contributed by atoms with Gasteiger partial charge in [-0.25, -0.2) is 15.0 Å². The van der Waals surface area contributed by atoms with E-state index in [1.54, 1.807) is 24.4 Å². The first-order chi connectivity index (χ1) is 12.9. The molecule has 0 N–H and O–H groups in total. The van der Waals surface area contributed by atoms with Gasteiger partial charge in [0.1, 0.15) is 11.5 Å². The van der Waals surface area contributed by atoms with Crippen molar-refractivity contribution in [1.82, 2.24) is 19.5 Å². The van der Waals surface area contributed by atoms with Gasteiger partial charge < -0.3 is 0 Å². The number of halogens is 3. The SMILES string of the molecule is O=c1c2ncc(C#Cc3ccccn3)cc2nc2n1CCC(C(F)(F)F)C2. The highest BCUT2D eigenvalue weighted by molar-refractivity contribution is 5.74. The van der Waals surface area contributed by atoms with E-state index in [2.05, 4.69) is 26.8 Å². The van der Waals surface area contributed by atoms with Gasteiger partial charge in [-0.05, 0) is 30.5 Å². The molecule has 0 spiro atoms. The zero-order chi connectivity index (χ0) is 19.0. The average Bonchev–Trinajstić information content (AvgIpc) is 2.66. The van der Waals surface area contributed by atoms with E-state index in [9.17, 15) is 18.0 Å². The van der Waals surface area contributed by atoms with Crippen molar-refractivity contribution in [1.29, 1.82) is 0 Å². The smallest absolute Gasteiger partial charge is 0.295 e. The monoisotopic (exact) mass is 370 g/mol. The van der Waals surface area contributed by atoms with Crippen LogP contribution in [0.1, 0.15) is 23.5 Å². The van der Waals surface area contributed by atoms with Gasteiger partial charge in [0.05, 0.1) is 11.4 Å². The van der Waals surface area contributed by atoms with Crippen molar-refractivity contribution in [2.24, 2.45) is 5.92 Å². The number of fused-ring (bicyclic) bond motifs is 2. The summed E-state index contributed by atoms with van der Waals surface area (Å²) in [6, 6.07) is 6.90. The largest absolute Gasteiger partial charge is 0.392 e. The van der Waals surface area contributed by atoms with Gasteiger partial charge in [-0.15, -0.1) is 0 Å². The summed E-state index contributed by atoms with van der Waals surface area (Å²) in [6.45, 7) is -0.00973. The molecule has 1 unspecified atom stereocenters. The van der Waals surface area contributed by atoms with Crippen molar-refractivity contribution in [3.63, 3.8) is 0 Å². The average molecular weight is 370 g/mol. The van der Waals surface area contributed by atoms with Crippen LogP contribution in [0.25, 0.3) is 11.0 Å². The second-order valence-electron chi connectivity index (χ2n) is 6.27. The maximum Gasteiger partial charge on any atom is 0.392 e. The standard InChI is InChI=1S/C19H13F3N4O/c20-19(21,22)13-6-8-26-16(10-13)25-15-9-12(11-24-17(15)18(26)27)4-5-14-3-1-2-7-23-14/h1-3,7,9,11,13H,6,8,10H2. The van der Waals surface area contributed by atoms with E-state index in [-0.39, 0.29) is 36.2 Å². The summed E-state index contributed by atoms with van der Waals surface area (Å²) >= 11 is 0. The molecule has 0 bridgehead atoms. The maximum atomic E-state index is 13.0. The zero-order valence-corrected chi connectivity index (χ0v) is 14.0. The third kappa shape index (κ3) is 3.40. The molecule has 3 aromatic heterocycles. The topological polar surface area (TPSA) is 60.7 Å². The van der Waals surface area contributed by atoms with E-state index in [0.717, 1.165) is 0 Å². The van der Waals surface area contributed by atoms with Crippen LogP contribution >= 0.6 is 0 Å². The van der Waals surface area contributed by atoms with E-state index in [1.807, 2.05) is 6.07 Å². The number of alkyl halides is 3. The molecule has 0 radical (unpaired) electrons. The molecular formula is C19H13F3N4O. The minimum atomic E-state index is -4.30. The Kier molecular flexibility index (Phi) is 4.15. The Morgan fingerprint density at radius 2 is 2.04 bits per heavy atom. The lowest BCUT2D eigenvalue weighted by atomic mass is 9.97. The van der Waals surface area contributed by atoms with Crippen LogP contribution in [0.3, 0.4) is 0 Å². The molecule has 8 heteroatoms. The number of hydrogen-bond donors (Lipinski definition) is 0. The van der Waals surface area contributed by atoms with Crippen LogP contribution in [0.4, 0.5) is 13.2 Å². The zero-order valence-electron chi connectivity index (χ0n) is 14.0. The molecule has 1 aliphatic rings. The van der Waals surface area contributed by atoms with E-state index < -0.39 is 17.7 Å². The van der Waals surface area contributed by atoms with Crippen LogP contribution in [0.2, 0.25) is 0 Å². The highest BCUT2D eigenvalue weighted by atomic mass is 19.4. The summed E-state index contributed by atoms with van der Waals surface area (Å²) in [5.41, 5.74) is 1.05. The second kappa shape index (κ2) is 6.50. The van der Waals surface area contributed by atoms with Crippen molar-refractivity contribution in [3.05, 3.63) is 64.1 Å². The summed E-state index contributed by atoms with van der Waals surface area (Å²) in [6.07, 6.45) is -1.66. The number of hydrogen-bond acceptors (Lipinski definition) is 4. The fourth-order valence-corrected chi connectivity index (χ4v) is 3.06. The first-order valence-electron chi connectivity index (χ1n) is 8.31. The minimum Gasteiger partial charge on any atom is -0.295 e. The number of rotatable bonds is 0. The molecule has 5 nitrogen and oxygen atoms in total. The van der Waals surface area contributed by atoms with Crippen molar-refractivity contribution >= 4 is 11.0 Å². The molecule has 0 amide bonds. The van der Waals surface area contributed by atoms with Crippen LogP contribution in [0.15, 0.2) is 41.5 Å². The molecule has 4 heterocycles. The third-order valence-electron chi connectivity index (χ3n) is 4.47. The van der Waals surface area contributed by atoms with Gasteiger partial charge in [0.2, 0.25) is 0 Å². The fraction of sp³-hybridized carbons (Fsp3) is 0.263. The Hall–Kier alpha value is -3.21. The van der Waals surface area contributed by atoms with Gasteiger partial charge in [0.25, 0.3) is 5.56 Å². The molecule has 3 aromatic rings. The van der Waals surface area contributed by atoms with Gasteiger partial charge in [-0.3, -0.25) is 9.36 Å². The summed E-state index contributed by atoms with van der Waals surface area (Å²) < 4.78 is 40.4. The Bertz CT molecular complexity index is 1130. The molecule has 0 fully saturated rings. The van der Waals surface area contributed by atoms with Crippen LogP contribution in [-0.2, 0) is 13.0 Å². The molecule has 0 saturated carbocycles. The second-order valence-corrected chi connectivity index (χ2v) is 6.27. The van der Waals surface area contributed by atoms with Crippen LogP contribution in [0, 0.1) is 17.8 Å². The Morgan fingerprint density at radius 3 is 2.78 bits per heavy atom. The quantitative estimate of drug-likeness (QED) is 0.571. The van der Waals surface area contributed by atoms with E-state index in [1.165, 1.54) is 10.8 Å². The number of pyridine rings is 2. The highest BCUT2D eigenvalue weighted by Gasteiger charge is 2.42. The Labute approximate surface area is 151 Å². The first-order valence-corrected chi connectivity index (χ1v) is 8.31. The lowest BCUT2D eigenvalue weighted by Gasteiger charge is -2.26. The molecule has 0 saturated heterocycles. The lowest BCUT2D eigenvalue weighted by molar-refractivity contribution is -0.179. The summed E-state index contributed by atoms with van der Waals surface area (Å²) in [7, 11) is 0. The third-order valence-corrected chi connectivity index (χ3v) is 4.47. The van der Waals surface area contributed by atoms with Gasteiger partial charge >= 0.3 is 6.18 Å². The number of nitrogens with zero attached hydrogens (tertiary/aromatic N) is 4. The summed E-state index contributed by atoms with van der Waals surface area (Å²) in [4.78, 5) is 25.0. The van der Waals surface area contributed by atoms with Gasteiger partial charge in [0, 0.05) is 30.9 Å². The first kappa shape index (κ1) is 17.2. The molecular weight excluding hydrogens is 357 g/mol. The van der Waals surface area contributed by atoms with E-state index in [4.69, 9.17) is 0 Å². The predicted molar refractivity (Wildman–Crippen MR) is 91.9 cm³/mol. The summed E-state index contributed by atoms with van der Waals surface area (Å²) in [5, 5.41) is 0. The fourth-order valence-electron chi connectivity index (χ4n) is 3.06. The van der Waals surface area contributed by atoms with Crippen molar-refractivity contribution < 1.29 is 13.2 Å². The molecule has 0 aliphatic carbocycles. The predicted octanol–water partition coefficient (Wildman–Crippen LogP) is 2.71. The van der Waals surface area contributed by atoms with E-state index >= 15 is 0 Å². The van der Waals surface area contributed by atoms with Crippen LogP contribution in [-0.4, -0.2) is 25.7 Å². The molecule has 27 heavy (non-hydrogen) atoms. The van der Waals surface area contributed by atoms with Gasteiger partial charge in [-0.2, -0.15) is 13.2 Å². The Morgan fingerprint density at radius 1 is 1.19 bits per heavy atom. The highest BCUT2D eigenvalue weighted by Crippen LogP contribution is 2.34. The van der Waals surface area contributed by atoms with Crippen LogP contribution < -0.4 is 5.56 Å². The van der Waals surface area contributed by atoms with Crippen molar-refractivity contribution in [2.45, 2.75) is 25.6 Å². The molecule has 1 aliphatic heterocycles. The number of aromatic nitrogens is 4. The molecule has 0 aromatic carbocycles. The lowest BCUT2D eigenvalue weighted by Crippen LogP contribution is -2.37. The normalized spacial score (nSPS) is 16.5. The molecule has 1 atom stereocenters. The van der Waals surface area contributed by atoms with E-state index in [0.29, 0.717) is 11.3 Å². The summed E-state index contributed by atoms with van der Waals surface area (Å²) in [5.74, 6) is 4.40. The van der Waals surface area contributed by atoms with Gasteiger partial charge in [-0.1, -0.05) is 12.0 Å². The van der Waals surface area contributed by atoms with Crippen molar-refractivity contribution in [3.8, 4) is 11.8 Å². The molecule has 136 valence electrons. The van der Waals surface area contributed by atoms with Gasteiger partial charge in [0.15, 0.2) is 5.52 Å². The minimum absolute atomic E-state index is 0.00973. The van der Waals surface area contributed by atoms with Crippen LogP contribution in [0.5, 0.6) is 0 Å².